The number of methoxy groups -OCH3 is 1. The third kappa shape index (κ3) is 6.54. The fourth-order valence-corrected chi connectivity index (χ4v) is 6.24. The molecule has 1 aromatic heterocycles. The average molecular weight is 522 g/mol. The van der Waals surface area contributed by atoms with Crippen LogP contribution in [-0.2, 0) is 11.2 Å². The number of carbonyl (C=O) groups excluding carboxylic acids is 1. The first-order valence-corrected chi connectivity index (χ1v) is 14.4. The lowest BCUT2D eigenvalue weighted by Gasteiger charge is -2.20. The first-order valence-electron chi connectivity index (χ1n) is 13.4. The van der Waals surface area contributed by atoms with Crippen molar-refractivity contribution >= 4 is 40.8 Å². The Morgan fingerprint density at radius 2 is 1.84 bits per heavy atom. The third-order valence-electron chi connectivity index (χ3n) is 7.43. The molecular formula is C34H35NO2S. The number of nitrogens with zero attached hydrogens (tertiary/aromatic N) is 1. The highest BCUT2D eigenvalue weighted by Gasteiger charge is 2.37. The van der Waals surface area contributed by atoms with E-state index in [1.54, 1.807) is 0 Å². The average Bonchev–Trinajstić information content (AvgIpc) is 3.68. The maximum atomic E-state index is 12.3. The quantitative estimate of drug-likeness (QED) is 0.196. The molecular weight excluding hydrogens is 486 g/mol. The van der Waals surface area contributed by atoms with Crippen LogP contribution in [-0.4, -0.2) is 23.8 Å². The van der Waals surface area contributed by atoms with Crippen molar-refractivity contribution in [2.45, 2.75) is 44.8 Å². The summed E-state index contributed by atoms with van der Waals surface area (Å²) in [5.74, 6) is 0.900. The van der Waals surface area contributed by atoms with Crippen LogP contribution in [0.25, 0.3) is 23.1 Å². The molecule has 0 radical (unpaired) electrons. The number of benzene rings is 3. The highest BCUT2D eigenvalue weighted by atomic mass is 32.2. The molecule has 0 bridgehead atoms. The van der Waals surface area contributed by atoms with Crippen LogP contribution in [0.15, 0.2) is 78.9 Å². The summed E-state index contributed by atoms with van der Waals surface area (Å²) in [6, 6.07) is 27.3. The minimum Gasteiger partial charge on any atom is -0.465 e. The Morgan fingerprint density at radius 1 is 1.03 bits per heavy atom. The Hall–Kier alpha value is -3.37. The summed E-state index contributed by atoms with van der Waals surface area (Å²) in [4.78, 5) is 17.1. The summed E-state index contributed by atoms with van der Waals surface area (Å²) in [5.41, 5.74) is 7.91. The molecule has 0 N–H and O–H groups in total. The molecule has 3 aromatic carbocycles. The number of hydrogen-bond acceptors (Lipinski definition) is 4. The van der Waals surface area contributed by atoms with Gasteiger partial charge in [0.2, 0.25) is 0 Å². The molecule has 4 aromatic rings. The summed E-state index contributed by atoms with van der Waals surface area (Å²) in [7, 11) is 1.45. The van der Waals surface area contributed by atoms with Crippen molar-refractivity contribution in [2.75, 3.05) is 12.9 Å². The second-order valence-corrected chi connectivity index (χ2v) is 11.9. The number of hydrogen-bond donors (Lipinski definition) is 0. The molecule has 4 heteroatoms. The van der Waals surface area contributed by atoms with Gasteiger partial charge in [-0.2, -0.15) is 11.8 Å². The van der Waals surface area contributed by atoms with Crippen LogP contribution < -0.4 is 0 Å². The van der Waals surface area contributed by atoms with Gasteiger partial charge in [0.15, 0.2) is 0 Å². The van der Waals surface area contributed by atoms with Crippen LogP contribution in [0.5, 0.6) is 0 Å². The number of thioether (sulfide) groups is 1. The molecule has 194 valence electrons. The summed E-state index contributed by atoms with van der Waals surface area (Å²) in [6.45, 7) is 4.49. The molecule has 1 aliphatic carbocycles. The summed E-state index contributed by atoms with van der Waals surface area (Å²) >= 11 is 2.06. The normalized spacial score (nSPS) is 15.0. The molecule has 1 aliphatic rings. The second kappa shape index (κ2) is 11.6. The summed E-state index contributed by atoms with van der Waals surface area (Å²) in [6.07, 6.45) is 8.69. The van der Waals surface area contributed by atoms with Gasteiger partial charge in [0.1, 0.15) is 0 Å². The van der Waals surface area contributed by atoms with Crippen LogP contribution >= 0.6 is 11.8 Å². The largest absolute Gasteiger partial charge is 0.465 e. The molecule has 1 heterocycles. The van der Waals surface area contributed by atoms with E-state index in [9.17, 15) is 4.79 Å². The zero-order chi connectivity index (χ0) is 26.5. The van der Waals surface area contributed by atoms with Gasteiger partial charge in [-0.15, -0.1) is 0 Å². The molecule has 1 fully saturated rings. The molecule has 1 atom stereocenters. The molecule has 1 saturated carbocycles. The highest BCUT2D eigenvalue weighted by Crippen LogP contribution is 2.50. The van der Waals surface area contributed by atoms with Gasteiger partial charge in [0.25, 0.3) is 0 Å². The Kier molecular flexibility index (Phi) is 7.99. The van der Waals surface area contributed by atoms with Crippen LogP contribution in [0.2, 0.25) is 0 Å². The Labute approximate surface area is 230 Å². The monoisotopic (exact) mass is 521 g/mol. The fraction of sp³-hybridized carbons (Fsp3) is 0.294. The molecule has 5 rings (SSSR count). The molecule has 0 aliphatic heterocycles. The first kappa shape index (κ1) is 26.2. The first-order chi connectivity index (χ1) is 18.4. The lowest BCUT2D eigenvalue weighted by molar-refractivity contribution is 0.0599. The molecule has 0 spiro atoms. The van der Waals surface area contributed by atoms with Crippen molar-refractivity contribution in [2.24, 2.45) is 5.41 Å². The molecule has 3 nitrogen and oxygen atoms in total. The van der Waals surface area contributed by atoms with Crippen LogP contribution in [0.4, 0.5) is 0 Å². The SMILES string of the molecule is COC(=O)c1ccccc1CCC(SCC1(C)CC1)c1cccc(/C=C/c2ccc3ccc(C)cc3n2)c1. The zero-order valence-electron chi connectivity index (χ0n) is 22.4. The van der Waals surface area contributed by atoms with Gasteiger partial charge in [0, 0.05) is 10.6 Å². The number of ether oxygens (including phenoxy) is 1. The van der Waals surface area contributed by atoms with E-state index in [1.807, 2.05) is 24.3 Å². The molecule has 0 saturated heterocycles. The smallest absolute Gasteiger partial charge is 0.338 e. The van der Waals surface area contributed by atoms with Crippen molar-refractivity contribution in [1.29, 1.82) is 0 Å². The van der Waals surface area contributed by atoms with Gasteiger partial charge in [0.05, 0.1) is 23.9 Å². The fourth-order valence-electron chi connectivity index (χ4n) is 4.72. The maximum absolute atomic E-state index is 12.3. The van der Waals surface area contributed by atoms with Gasteiger partial charge in [-0.05, 0) is 90.3 Å². The number of esters is 1. The minimum absolute atomic E-state index is 0.264. The number of fused-ring (bicyclic) bond motifs is 1. The Morgan fingerprint density at radius 3 is 2.66 bits per heavy atom. The van der Waals surface area contributed by atoms with Crippen molar-refractivity contribution in [1.82, 2.24) is 4.98 Å². The molecule has 38 heavy (non-hydrogen) atoms. The van der Waals surface area contributed by atoms with E-state index in [4.69, 9.17) is 9.72 Å². The van der Waals surface area contributed by atoms with E-state index in [1.165, 1.54) is 36.6 Å². The van der Waals surface area contributed by atoms with E-state index >= 15 is 0 Å². The Bertz CT molecular complexity index is 1470. The van der Waals surface area contributed by atoms with Gasteiger partial charge in [-0.3, -0.25) is 0 Å². The van der Waals surface area contributed by atoms with Gasteiger partial charge >= 0.3 is 5.97 Å². The van der Waals surface area contributed by atoms with Crippen molar-refractivity contribution in [3.05, 3.63) is 112 Å². The van der Waals surface area contributed by atoms with Gasteiger partial charge < -0.3 is 4.74 Å². The van der Waals surface area contributed by atoms with Gasteiger partial charge in [-0.25, -0.2) is 9.78 Å². The van der Waals surface area contributed by atoms with E-state index in [0.29, 0.717) is 16.2 Å². The third-order valence-corrected chi connectivity index (χ3v) is 9.21. The number of aromatic nitrogens is 1. The molecule has 1 unspecified atom stereocenters. The summed E-state index contributed by atoms with van der Waals surface area (Å²) < 4.78 is 5.02. The number of pyridine rings is 1. The van der Waals surface area contributed by atoms with E-state index in [0.717, 1.165) is 40.8 Å². The highest BCUT2D eigenvalue weighted by molar-refractivity contribution is 7.99. The van der Waals surface area contributed by atoms with Crippen LogP contribution in [0.3, 0.4) is 0 Å². The lowest BCUT2D eigenvalue weighted by Crippen LogP contribution is -2.08. The van der Waals surface area contributed by atoms with Crippen molar-refractivity contribution in [3.8, 4) is 0 Å². The predicted molar refractivity (Wildman–Crippen MR) is 160 cm³/mol. The molecule has 0 amide bonds. The van der Waals surface area contributed by atoms with E-state index in [-0.39, 0.29) is 5.97 Å². The van der Waals surface area contributed by atoms with E-state index in [2.05, 4.69) is 92.4 Å². The zero-order valence-corrected chi connectivity index (χ0v) is 23.3. The van der Waals surface area contributed by atoms with Crippen LogP contribution in [0.1, 0.15) is 69.7 Å². The van der Waals surface area contributed by atoms with Gasteiger partial charge in [-0.1, -0.05) is 73.7 Å². The summed E-state index contributed by atoms with van der Waals surface area (Å²) in [5, 5.41) is 1.51. The van der Waals surface area contributed by atoms with Crippen molar-refractivity contribution in [3.63, 3.8) is 0 Å². The number of aryl methyl sites for hydroxylation is 2. The van der Waals surface area contributed by atoms with Crippen molar-refractivity contribution < 1.29 is 9.53 Å². The maximum Gasteiger partial charge on any atom is 0.338 e. The standard InChI is InChI=1S/C34H35NO2S/c1-24-11-13-27-14-17-29(35-31(27)21-24)16-12-25-7-6-9-28(22-25)32(38-23-34(2)19-20-34)18-15-26-8-4-5-10-30(26)33(36)37-3/h4-14,16-17,21-22,32H,15,18-20,23H2,1-3H3/b16-12+. The van der Waals surface area contributed by atoms with E-state index < -0.39 is 0 Å². The topological polar surface area (TPSA) is 39.2 Å². The lowest BCUT2D eigenvalue weighted by atomic mass is 9.98. The number of carbonyl (C=O) groups is 1. The van der Waals surface area contributed by atoms with Crippen LogP contribution in [0, 0.1) is 12.3 Å². The second-order valence-electron chi connectivity index (χ2n) is 10.7. The number of rotatable bonds is 10. The Balaban J connectivity index is 1.35. The predicted octanol–water partition coefficient (Wildman–Crippen LogP) is 8.71. The minimum atomic E-state index is -0.264.